The number of isothiocyanates is 1. The van der Waals surface area contributed by atoms with Crippen LogP contribution in [0.5, 0.6) is 0 Å². The fourth-order valence-electron chi connectivity index (χ4n) is 2.62. The molecule has 1 aliphatic rings. The van der Waals surface area contributed by atoms with E-state index in [-0.39, 0.29) is 0 Å². The number of hydrogen-bond acceptors (Lipinski definition) is 2. The molecule has 1 fully saturated rings. The molecule has 0 spiro atoms. The highest BCUT2D eigenvalue weighted by molar-refractivity contribution is 7.78. The van der Waals surface area contributed by atoms with Crippen LogP contribution in [0.4, 0.5) is 0 Å². The van der Waals surface area contributed by atoms with Crippen molar-refractivity contribution in [2.75, 3.05) is 0 Å². The van der Waals surface area contributed by atoms with Gasteiger partial charge in [0, 0.05) is 0 Å². The highest BCUT2D eigenvalue weighted by Gasteiger charge is 2.20. The molecule has 0 unspecified atom stereocenters. The third kappa shape index (κ3) is 6.95. The van der Waals surface area contributed by atoms with E-state index in [0.717, 1.165) is 0 Å². The Kier molecular flexibility index (Phi) is 8.56. The van der Waals surface area contributed by atoms with E-state index in [1.54, 1.807) is 5.92 Å². The second kappa shape index (κ2) is 9.79. The first-order valence-corrected chi connectivity index (χ1v) is 7.68. The minimum Gasteiger partial charge on any atom is -0.229 e. The van der Waals surface area contributed by atoms with Gasteiger partial charge in [0.25, 0.3) is 0 Å². The highest BCUT2D eigenvalue weighted by atomic mass is 32.1. The fraction of sp³-hybridized carbons (Fsp3) is 0.867. The molecule has 0 amide bonds. The molecule has 1 nitrogen and oxygen atoms in total. The van der Waals surface area contributed by atoms with E-state index < -0.39 is 0 Å². The van der Waals surface area contributed by atoms with Crippen LogP contribution in [0.1, 0.15) is 77.6 Å². The Balaban J connectivity index is 1.97. The highest BCUT2D eigenvalue weighted by Crippen LogP contribution is 2.31. The van der Waals surface area contributed by atoms with Gasteiger partial charge in [-0.25, -0.2) is 4.99 Å². The SMILES string of the molecule is CCCCCCCC[C]1CCC(N=C=S)CC1. The number of rotatable bonds is 8. The summed E-state index contributed by atoms with van der Waals surface area (Å²) in [7, 11) is 0. The second-order valence-electron chi connectivity index (χ2n) is 5.22. The second-order valence-corrected chi connectivity index (χ2v) is 5.40. The molecule has 97 valence electrons. The molecule has 0 aromatic rings. The Hall–Kier alpha value is -0.200. The zero-order chi connectivity index (χ0) is 12.3. The van der Waals surface area contributed by atoms with Crippen LogP contribution in [0, 0.1) is 5.92 Å². The van der Waals surface area contributed by atoms with Crippen molar-refractivity contribution in [3.05, 3.63) is 5.92 Å². The van der Waals surface area contributed by atoms with Gasteiger partial charge in [-0.2, -0.15) is 0 Å². The summed E-state index contributed by atoms with van der Waals surface area (Å²) in [6, 6.07) is 0.473. The lowest BCUT2D eigenvalue weighted by atomic mass is 9.83. The van der Waals surface area contributed by atoms with Crippen molar-refractivity contribution in [3.63, 3.8) is 0 Å². The summed E-state index contributed by atoms with van der Waals surface area (Å²) < 4.78 is 0. The van der Waals surface area contributed by atoms with Gasteiger partial charge in [-0.3, -0.25) is 0 Å². The van der Waals surface area contributed by atoms with E-state index in [9.17, 15) is 0 Å². The summed E-state index contributed by atoms with van der Waals surface area (Å²) in [5, 5.41) is 2.52. The van der Waals surface area contributed by atoms with Crippen LogP contribution in [0.15, 0.2) is 4.99 Å². The van der Waals surface area contributed by atoms with E-state index in [4.69, 9.17) is 0 Å². The molecule has 17 heavy (non-hydrogen) atoms. The fourth-order valence-corrected chi connectivity index (χ4v) is 2.77. The van der Waals surface area contributed by atoms with E-state index >= 15 is 0 Å². The smallest absolute Gasteiger partial charge is 0.0603 e. The maximum absolute atomic E-state index is 4.66. The van der Waals surface area contributed by atoms with Crippen molar-refractivity contribution < 1.29 is 0 Å². The molecule has 0 N–H and O–H groups in total. The average Bonchev–Trinajstić information content (AvgIpc) is 2.36. The normalized spacial score (nSPS) is 17.9. The number of aliphatic imine (C=N–C) groups is 1. The van der Waals surface area contributed by atoms with Gasteiger partial charge in [0.2, 0.25) is 0 Å². The lowest BCUT2D eigenvalue weighted by Crippen LogP contribution is -2.15. The van der Waals surface area contributed by atoms with Gasteiger partial charge >= 0.3 is 0 Å². The first-order chi connectivity index (χ1) is 8.36. The summed E-state index contributed by atoms with van der Waals surface area (Å²) in [6.07, 6.45) is 14.8. The van der Waals surface area contributed by atoms with Crippen molar-refractivity contribution >= 4 is 17.4 Å². The largest absolute Gasteiger partial charge is 0.229 e. The number of hydrogen-bond donors (Lipinski definition) is 0. The number of thiocarbonyl (C=S) groups is 1. The standard InChI is InChI=1S/C15H26NS/c1-2-3-4-5-6-7-8-14-9-11-15(12-10-14)16-13-17/h15H,2-12H2,1H3. The lowest BCUT2D eigenvalue weighted by Gasteiger charge is -2.25. The molecule has 0 saturated heterocycles. The van der Waals surface area contributed by atoms with Crippen molar-refractivity contribution in [2.45, 2.75) is 83.6 Å². The summed E-state index contributed by atoms with van der Waals surface area (Å²) in [4.78, 5) is 4.20. The van der Waals surface area contributed by atoms with Crippen LogP contribution in [-0.4, -0.2) is 11.2 Å². The Labute approximate surface area is 112 Å². The van der Waals surface area contributed by atoms with Gasteiger partial charge in [0.15, 0.2) is 0 Å². The van der Waals surface area contributed by atoms with Crippen molar-refractivity contribution in [3.8, 4) is 0 Å². The predicted octanol–water partition coefficient (Wildman–Crippen LogP) is 5.36. The number of nitrogens with zero attached hydrogens (tertiary/aromatic N) is 1. The minimum absolute atomic E-state index is 0.473. The zero-order valence-corrected chi connectivity index (χ0v) is 12.0. The van der Waals surface area contributed by atoms with Crippen LogP contribution >= 0.6 is 12.2 Å². The van der Waals surface area contributed by atoms with E-state index in [0.29, 0.717) is 6.04 Å². The lowest BCUT2D eigenvalue weighted by molar-refractivity contribution is 0.441. The van der Waals surface area contributed by atoms with E-state index in [1.165, 1.54) is 70.6 Å². The summed E-state index contributed by atoms with van der Waals surface area (Å²) >= 11 is 4.66. The third-order valence-electron chi connectivity index (χ3n) is 3.78. The topological polar surface area (TPSA) is 12.4 Å². The van der Waals surface area contributed by atoms with Crippen LogP contribution in [0.3, 0.4) is 0 Å². The van der Waals surface area contributed by atoms with Gasteiger partial charge in [-0.05, 0) is 50.2 Å². The molecule has 0 aromatic heterocycles. The molecule has 1 radical (unpaired) electrons. The predicted molar refractivity (Wildman–Crippen MR) is 78.5 cm³/mol. The first kappa shape index (κ1) is 14.9. The molecule has 1 rings (SSSR count). The summed E-state index contributed by atoms with van der Waals surface area (Å²) in [5.41, 5.74) is 0. The van der Waals surface area contributed by atoms with Gasteiger partial charge in [0.1, 0.15) is 0 Å². The van der Waals surface area contributed by atoms with Gasteiger partial charge < -0.3 is 0 Å². The Morgan fingerprint density at radius 3 is 2.41 bits per heavy atom. The van der Waals surface area contributed by atoms with Gasteiger partial charge in [-0.15, -0.1) is 0 Å². The van der Waals surface area contributed by atoms with Gasteiger partial charge in [0.05, 0.1) is 11.2 Å². The minimum atomic E-state index is 0.473. The molecule has 0 atom stereocenters. The zero-order valence-electron chi connectivity index (χ0n) is 11.2. The van der Waals surface area contributed by atoms with E-state index in [2.05, 4.69) is 29.3 Å². The summed E-state index contributed by atoms with van der Waals surface area (Å²) in [5.74, 6) is 1.77. The Morgan fingerprint density at radius 2 is 1.76 bits per heavy atom. The van der Waals surface area contributed by atoms with Crippen LogP contribution < -0.4 is 0 Å². The first-order valence-electron chi connectivity index (χ1n) is 7.27. The van der Waals surface area contributed by atoms with Crippen LogP contribution in [-0.2, 0) is 0 Å². The molecule has 0 aromatic carbocycles. The number of unbranched alkanes of at least 4 members (excludes halogenated alkanes) is 5. The Bertz CT molecular complexity index is 225. The molecular formula is C15H26NS. The monoisotopic (exact) mass is 252 g/mol. The molecule has 2 heteroatoms. The molecule has 1 saturated carbocycles. The molecule has 0 aliphatic heterocycles. The molecular weight excluding hydrogens is 226 g/mol. The molecule has 0 bridgehead atoms. The molecule has 0 heterocycles. The maximum atomic E-state index is 4.66. The van der Waals surface area contributed by atoms with Gasteiger partial charge in [-0.1, -0.05) is 45.4 Å². The maximum Gasteiger partial charge on any atom is 0.0603 e. The third-order valence-corrected chi connectivity index (χ3v) is 3.89. The van der Waals surface area contributed by atoms with Crippen LogP contribution in [0.25, 0.3) is 0 Å². The van der Waals surface area contributed by atoms with Crippen molar-refractivity contribution in [2.24, 2.45) is 4.99 Å². The summed E-state index contributed by atoms with van der Waals surface area (Å²) in [6.45, 7) is 2.27. The Morgan fingerprint density at radius 1 is 1.12 bits per heavy atom. The van der Waals surface area contributed by atoms with E-state index in [1.807, 2.05) is 0 Å². The average molecular weight is 252 g/mol. The van der Waals surface area contributed by atoms with Crippen molar-refractivity contribution in [1.82, 2.24) is 0 Å². The molecule has 1 aliphatic carbocycles. The van der Waals surface area contributed by atoms with Crippen molar-refractivity contribution in [1.29, 1.82) is 0 Å². The quantitative estimate of drug-likeness (QED) is 0.322. The van der Waals surface area contributed by atoms with Crippen LogP contribution in [0.2, 0.25) is 0 Å².